The molecule has 7 aromatic carbocycles. The second kappa shape index (κ2) is 38.1. The van der Waals surface area contributed by atoms with Crippen molar-refractivity contribution >= 4 is 59.6 Å². The zero-order chi connectivity index (χ0) is 67.9. The van der Waals surface area contributed by atoms with Crippen molar-refractivity contribution in [3.63, 3.8) is 0 Å². The van der Waals surface area contributed by atoms with Crippen molar-refractivity contribution in [1.29, 1.82) is 0 Å². The monoisotopic (exact) mass is 1310 g/mol. The SMILES string of the molecule is Cc1ccc(F)c(CN2CCN(C(=O)/C=C/c3ccccc3)CC2)c1.O=C(/C=C/c1ccccc1)N1CCN(CC2=c3ccccc3=CCC2)CC1.O=C(/C=C/c1ccccc1)N1CCN(Cc2ccccc2)CC1.O=C(/C=C/c1ccccc1)N1CCN(Cc2ccccn2)CC1. The lowest BCUT2D eigenvalue weighted by Crippen LogP contribution is -2.49. The molecule has 5 aliphatic rings. The van der Waals surface area contributed by atoms with Gasteiger partial charge in [-0.2, -0.15) is 0 Å². The van der Waals surface area contributed by atoms with E-state index in [1.165, 1.54) is 27.6 Å². The molecule has 13 nitrogen and oxygen atoms in total. The van der Waals surface area contributed by atoms with E-state index in [4.69, 9.17) is 0 Å². The molecule has 0 bridgehead atoms. The van der Waals surface area contributed by atoms with E-state index in [9.17, 15) is 23.6 Å². The Kier molecular flexibility index (Phi) is 27.5. The van der Waals surface area contributed by atoms with Crippen LogP contribution in [0.4, 0.5) is 4.39 Å². The highest BCUT2D eigenvalue weighted by atomic mass is 19.1. The largest absolute Gasteiger partial charge is 0.337 e. The summed E-state index contributed by atoms with van der Waals surface area (Å²) in [5, 5.41) is 2.78. The summed E-state index contributed by atoms with van der Waals surface area (Å²) in [5.41, 5.74) is 9.93. The highest BCUT2D eigenvalue weighted by Gasteiger charge is 2.24. The van der Waals surface area contributed by atoms with Gasteiger partial charge in [-0.1, -0.05) is 206 Å². The fourth-order valence-corrected chi connectivity index (χ4v) is 12.4. The van der Waals surface area contributed by atoms with E-state index in [1.807, 2.05) is 209 Å². The average molecular weight is 1310 g/mol. The molecule has 0 radical (unpaired) electrons. The number of hydrogen-bond donors (Lipinski definition) is 0. The van der Waals surface area contributed by atoms with Crippen LogP contribution in [0.2, 0.25) is 0 Å². The zero-order valence-electron chi connectivity index (χ0n) is 56.6. The average Bonchev–Trinajstić information content (AvgIpc) is 0.857. The van der Waals surface area contributed by atoms with Crippen molar-refractivity contribution in [3.8, 4) is 0 Å². The molecule has 1 aliphatic carbocycles. The minimum atomic E-state index is -0.157. The number of amides is 4. The molecule has 1 aromatic heterocycles. The van der Waals surface area contributed by atoms with Crippen LogP contribution in [0.3, 0.4) is 0 Å². The lowest BCUT2D eigenvalue weighted by atomic mass is 9.99. The molecule has 0 saturated carbocycles. The molecule has 14 heteroatoms. The van der Waals surface area contributed by atoms with Crippen molar-refractivity contribution in [1.82, 2.24) is 44.2 Å². The van der Waals surface area contributed by atoms with E-state index in [2.05, 4.69) is 79.2 Å². The van der Waals surface area contributed by atoms with Crippen molar-refractivity contribution in [2.24, 2.45) is 0 Å². The Labute approximate surface area is 578 Å². The number of carbonyl (C=O) groups excluding carboxylic acids is 4. The van der Waals surface area contributed by atoms with Gasteiger partial charge in [-0.3, -0.25) is 43.8 Å². The van der Waals surface area contributed by atoms with Gasteiger partial charge in [0.05, 0.1) is 5.69 Å². The van der Waals surface area contributed by atoms with Gasteiger partial charge in [0.25, 0.3) is 0 Å². The summed E-state index contributed by atoms with van der Waals surface area (Å²) in [6.45, 7) is 18.5. The number of benzene rings is 7. The minimum Gasteiger partial charge on any atom is -0.337 e. The van der Waals surface area contributed by atoms with Crippen molar-refractivity contribution in [2.75, 3.05) is 111 Å². The minimum absolute atomic E-state index is 0.0326. The summed E-state index contributed by atoms with van der Waals surface area (Å²) in [4.78, 5) is 70.7. The molecule has 4 saturated heterocycles. The van der Waals surface area contributed by atoms with Gasteiger partial charge in [0.1, 0.15) is 5.82 Å². The van der Waals surface area contributed by atoms with Gasteiger partial charge < -0.3 is 19.6 Å². The topological polar surface area (TPSA) is 107 Å². The molecule has 4 aliphatic heterocycles. The van der Waals surface area contributed by atoms with E-state index < -0.39 is 0 Å². The predicted octanol–water partition coefficient (Wildman–Crippen LogP) is 11.2. The number of carbonyl (C=O) groups is 4. The van der Waals surface area contributed by atoms with Crippen LogP contribution >= 0.6 is 0 Å². The summed E-state index contributed by atoms with van der Waals surface area (Å²) in [7, 11) is 0. The van der Waals surface area contributed by atoms with Crippen molar-refractivity contribution in [2.45, 2.75) is 39.4 Å². The third kappa shape index (κ3) is 23.1. The number of halogens is 1. The number of aromatic nitrogens is 1. The van der Waals surface area contributed by atoms with E-state index in [-0.39, 0.29) is 29.4 Å². The van der Waals surface area contributed by atoms with Gasteiger partial charge in [-0.15, -0.1) is 0 Å². The van der Waals surface area contributed by atoms with Gasteiger partial charge in [0.15, 0.2) is 0 Å². The zero-order valence-corrected chi connectivity index (χ0v) is 56.6. The van der Waals surface area contributed by atoms with Crippen LogP contribution in [-0.2, 0) is 38.8 Å². The first-order chi connectivity index (χ1) is 48.0. The Bertz CT molecular complexity index is 3910. The number of nitrogens with zero attached hydrogens (tertiary/aromatic N) is 9. The van der Waals surface area contributed by atoms with E-state index in [0.29, 0.717) is 19.6 Å². The normalized spacial score (nSPS) is 16.3. The summed E-state index contributed by atoms with van der Waals surface area (Å²) in [5.74, 6) is 0.184. The predicted molar refractivity (Wildman–Crippen MR) is 395 cm³/mol. The van der Waals surface area contributed by atoms with E-state index in [0.717, 1.165) is 163 Å². The first kappa shape index (κ1) is 70.8. The van der Waals surface area contributed by atoms with Crippen LogP contribution < -0.4 is 10.4 Å². The van der Waals surface area contributed by atoms with Gasteiger partial charge in [0.2, 0.25) is 23.6 Å². The van der Waals surface area contributed by atoms with Gasteiger partial charge in [-0.05, 0) is 106 Å². The van der Waals surface area contributed by atoms with Crippen LogP contribution in [0, 0.1) is 12.7 Å². The van der Waals surface area contributed by atoms with Crippen LogP contribution in [0.1, 0.15) is 57.5 Å². The Morgan fingerprint density at radius 1 is 0.388 bits per heavy atom. The first-order valence-corrected chi connectivity index (χ1v) is 34.5. The van der Waals surface area contributed by atoms with E-state index >= 15 is 0 Å². The van der Waals surface area contributed by atoms with Crippen LogP contribution in [0.5, 0.6) is 0 Å². The van der Waals surface area contributed by atoms with Crippen molar-refractivity contribution in [3.05, 3.63) is 304 Å². The third-order valence-corrected chi connectivity index (χ3v) is 18.1. The highest BCUT2D eigenvalue weighted by Crippen LogP contribution is 2.18. The fourth-order valence-electron chi connectivity index (χ4n) is 12.4. The molecule has 0 unspecified atom stereocenters. The number of fused-ring (bicyclic) bond motifs is 1. The molecular weight excluding hydrogens is 1220 g/mol. The van der Waals surface area contributed by atoms with Gasteiger partial charge in [0, 0.05) is 167 Å². The standard InChI is InChI=1S/C24H26N2O.C21H23FN2O.C20H22N2O.C19H21N3O/c27-24(14-13-20-7-2-1-3-8-20)26-17-15-25(16-18-26)19-22-11-6-10-21-9-4-5-12-23(21)22;1-17-7-9-20(22)19(15-17)16-23-11-13-24(14-12-23)21(25)10-8-18-5-3-2-4-6-18;23-20(12-11-18-7-3-1-4-8-18)22-15-13-21(14-16-22)17-19-9-5-2-6-10-19;23-19(10-9-17-6-2-1-3-7-17)22-14-12-21(13-15-22)16-18-8-4-5-11-20-18/h1-5,7-10,12-14H,6,11,15-19H2;2-10,15H,11-14,16H2,1H3;1-12H,13-17H2;1-11H,12-16H2/b14-13+;10-8+;12-11+;10-9+. The quantitative estimate of drug-likeness (QED) is 0.0874. The van der Waals surface area contributed by atoms with Gasteiger partial charge in [-0.25, -0.2) is 4.39 Å². The molecule has 0 atom stereocenters. The number of hydrogen-bond acceptors (Lipinski definition) is 9. The number of rotatable bonds is 16. The summed E-state index contributed by atoms with van der Waals surface area (Å²) in [6.07, 6.45) is 20.6. The Hall–Kier alpha value is -9.96. The lowest BCUT2D eigenvalue weighted by Gasteiger charge is -2.35. The molecule has 4 fully saturated rings. The number of aryl methyl sites for hydroxylation is 1. The lowest BCUT2D eigenvalue weighted by molar-refractivity contribution is -0.128. The summed E-state index contributed by atoms with van der Waals surface area (Å²) < 4.78 is 13.9. The van der Waals surface area contributed by atoms with Crippen LogP contribution in [-0.4, -0.2) is 179 Å². The smallest absolute Gasteiger partial charge is 0.246 e. The second-order valence-electron chi connectivity index (χ2n) is 25.2. The maximum Gasteiger partial charge on any atom is 0.246 e. The fraction of sp³-hybridized carbons (Fsp3) is 0.274. The number of piperazine rings is 4. The van der Waals surface area contributed by atoms with Crippen LogP contribution in [0.15, 0.2) is 243 Å². The molecule has 8 aromatic rings. The summed E-state index contributed by atoms with van der Waals surface area (Å²) in [6, 6.07) is 70.0. The first-order valence-electron chi connectivity index (χ1n) is 34.5. The van der Waals surface area contributed by atoms with Crippen molar-refractivity contribution < 1.29 is 23.6 Å². The third-order valence-electron chi connectivity index (χ3n) is 18.1. The summed E-state index contributed by atoms with van der Waals surface area (Å²) >= 11 is 0. The molecule has 5 heterocycles. The molecule has 0 spiro atoms. The Morgan fingerprint density at radius 3 is 1.17 bits per heavy atom. The highest BCUT2D eigenvalue weighted by molar-refractivity contribution is 5.93. The molecular formula is C84H92FN9O4. The number of pyridine rings is 1. The molecule has 0 N–H and O–H groups in total. The van der Waals surface area contributed by atoms with E-state index in [1.54, 1.807) is 30.4 Å². The maximum absolute atomic E-state index is 13.9. The second-order valence-corrected chi connectivity index (χ2v) is 25.2. The maximum atomic E-state index is 13.9. The Balaban J connectivity index is 0.000000142. The Morgan fingerprint density at radius 2 is 0.755 bits per heavy atom. The van der Waals surface area contributed by atoms with Crippen LogP contribution in [0.25, 0.3) is 36.0 Å². The molecule has 98 heavy (non-hydrogen) atoms. The molecule has 504 valence electrons. The molecule has 13 rings (SSSR count). The van der Waals surface area contributed by atoms with Gasteiger partial charge >= 0.3 is 0 Å². The molecule has 4 amide bonds.